The van der Waals surface area contributed by atoms with Crippen LogP contribution in [-0.2, 0) is 6.54 Å². The third-order valence-corrected chi connectivity index (χ3v) is 8.30. The van der Waals surface area contributed by atoms with Gasteiger partial charge in [0.15, 0.2) is 0 Å². The van der Waals surface area contributed by atoms with E-state index in [0.29, 0.717) is 19.6 Å². The third kappa shape index (κ3) is 5.01. The molecule has 2 heterocycles. The second-order valence-electron chi connectivity index (χ2n) is 6.92. The van der Waals surface area contributed by atoms with Crippen molar-refractivity contribution in [2.24, 2.45) is 10.2 Å². The fourth-order valence-corrected chi connectivity index (χ4v) is 6.48. The number of nitrogens with zero attached hydrogens (tertiary/aromatic N) is 5. The first-order chi connectivity index (χ1) is 15.2. The summed E-state index contributed by atoms with van der Waals surface area (Å²) < 4.78 is 5.22. The van der Waals surface area contributed by atoms with Crippen molar-refractivity contribution in [3.8, 4) is 0 Å². The first kappa shape index (κ1) is 21.6. The number of azo groups is 1. The number of rotatable bonds is 8. The average Bonchev–Trinajstić information content (AvgIpc) is 3.41. The molecule has 158 valence electrons. The van der Waals surface area contributed by atoms with Crippen LogP contribution in [0.3, 0.4) is 0 Å². The van der Waals surface area contributed by atoms with Crippen LogP contribution in [0.25, 0.3) is 21.9 Å². The molecule has 0 atom stereocenters. The molecule has 0 saturated heterocycles. The number of hydrogen-bond acceptors (Lipinski definition) is 5. The number of benzene rings is 2. The van der Waals surface area contributed by atoms with Crippen molar-refractivity contribution in [2.75, 3.05) is 18.0 Å². The summed E-state index contributed by atoms with van der Waals surface area (Å²) in [5.41, 5.74) is 3.39. The summed E-state index contributed by atoms with van der Waals surface area (Å²) in [5.74, 6) is 0. The van der Waals surface area contributed by atoms with Crippen molar-refractivity contribution in [2.45, 2.75) is 27.3 Å². The SMILES string of the molecule is CCN(CC)c1ccc(N=Nc2ncc(/C=C/c3[se]c4ccccc4[n+]3CC)s2)cc1. The Morgan fingerprint density at radius 3 is 2.52 bits per heavy atom. The number of aryl methyl sites for hydroxylation is 1. The summed E-state index contributed by atoms with van der Waals surface area (Å²) in [4.78, 5) is 7.80. The molecule has 31 heavy (non-hydrogen) atoms. The van der Waals surface area contributed by atoms with Gasteiger partial charge in [-0.2, -0.15) is 0 Å². The molecule has 0 fully saturated rings. The molecule has 4 rings (SSSR count). The molecular weight excluding hydrogens is 469 g/mol. The van der Waals surface area contributed by atoms with Crippen molar-refractivity contribution < 1.29 is 4.57 Å². The van der Waals surface area contributed by atoms with Gasteiger partial charge in [0.2, 0.25) is 0 Å². The number of anilines is 1. The van der Waals surface area contributed by atoms with Gasteiger partial charge in [0.1, 0.15) is 0 Å². The normalized spacial score (nSPS) is 11.8. The van der Waals surface area contributed by atoms with Crippen LogP contribution in [0.5, 0.6) is 0 Å². The van der Waals surface area contributed by atoms with Crippen molar-refractivity contribution in [1.29, 1.82) is 0 Å². The fourth-order valence-electron chi connectivity index (χ4n) is 3.48. The average molecular weight is 496 g/mol. The Kier molecular flexibility index (Phi) is 7.07. The predicted octanol–water partition coefficient (Wildman–Crippen LogP) is 6.09. The first-order valence-electron chi connectivity index (χ1n) is 10.5. The Morgan fingerprint density at radius 2 is 1.77 bits per heavy atom. The van der Waals surface area contributed by atoms with Crippen LogP contribution < -0.4 is 9.47 Å². The van der Waals surface area contributed by atoms with Crippen LogP contribution in [0.4, 0.5) is 16.5 Å². The molecule has 5 nitrogen and oxygen atoms in total. The van der Waals surface area contributed by atoms with E-state index in [4.69, 9.17) is 0 Å². The van der Waals surface area contributed by atoms with E-state index < -0.39 is 0 Å². The molecule has 0 N–H and O–H groups in total. The van der Waals surface area contributed by atoms with Crippen molar-refractivity contribution in [3.63, 3.8) is 0 Å². The van der Waals surface area contributed by atoms with Gasteiger partial charge in [0, 0.05) is 13.1 Å². The molecule has 0 saturated carbocycles. The molecule has 0 unspecified atom stereocenters. The van der Waals surface area contributed by atoms with Gasteiger partial charge in [-0.05, 0) is 13.8 Å². The Labute approximate surface area is 193 Å². The number of fused-ring (bicyclic) bond motifs is 1. The predicted molar refractivity (Wildman–Crippen MR) is 132 cm³/mol. The van der Waals surface area contributed by atoms with E-state index in [2.05, 4.69) is 94.0 Å². The Balaban J connectivity index is 1.46. The topological polar surface area (TPSA) is 44.7 Å². The van der Waals surface area contributed by atoms with E-state index in [-0.39, 0.29) is 0 Å². The Hall–Kier alpha value is -2.60. The van der Waals surface area contributed by atoms with Gasteiger partial charge < -0.3 is 4.90 Å². The number of hydrogen-bond donors (Lipinski definition) is 0. The summed E-state index contributed by atoms with van der Waals surface area (Å²) in [6.45, 7) is 9.50. The van der Waals surface area contributed by atoms with Crippen molar-refractivity contribution >= 4 is 64.3 Å². The van der Waals surface area contributed by atoms with E-state index in [1.165, 1.54) is 20.0 Å². The molecule has 0 amide bonds. The van der Waals surface area contributed by atoms with Crippen molar-refractivity contribution in [3.05, 3.63) is 64.2 Å². The van der Waals surface area contributed by atoms with Gasteiger partial charge in [0.05, 0.1) is 0 Å². The van der Waals surface area contributed by atoms with E-state index in [9.17, 15) is 0 Å². The zero-order valence-corrected chi connectivity index (χ0v) is 20.6. The molecule has 0 aliphatic carbocycles. The summed E-state index contributed by atoms with van der Waals surface area (Å²) >= 11 is 1.89. The van der Waals surface area contributed by atoms with Gasteiger partial charge in [-0.15, -0.1) is 0 Å². The van der Waals surface area contributed by atoms with Crippen LogP contribution in [-0.4, -0.2) is 32.6 Å². The van der Waals surface area contributed by atoms with Gasteiger partial charge in [-0.1, -0.05) is 0 Å². The van der Waals surface area contributed by atoms with E-state index in [1.54, 1.807) is 11.3 Å². The third-order valence-electron chi connectivity index (χ3n) is 5.08. The second-order valence-corrected chi connectivity index (χ2v) is 10.2. The molecule has 0 radical (unpaired) electrons. The first-order valence-corrected chi connectivity index (χ1v) is 13.1. The fraction of sp³-hybridized carbons (Fsp3) is 0.250. The maximum atomic E-state index is 4.41. The van der Waals surface area contributed by atoms with Crippen LogP contribution in [0, 0.1) is 0 Å². The Morgan fingerprint density at radius 1 is 1.00 bits per heavy atom. The zero-order chi connectivity index (χ0) is 21.6. The van der Waals surface area contributed by atoms with Crippen LogP contribution >= 0.6 is 11.3 Å². The summed E-state index contributed by atoms with van der Waals surface area (Å²) in [6, 6.07) is 16.9. The van der Waals surface area contributed by atoms with E-state index >= 15 is 0 Å². The second kappa shape index (κ2) is 10.1. The minimum atomic E-state index is 0.341. The monoisotopic (exact) mass is 496 g/mol. The quantitative estimate of drug-likeness (QED) is 0.169. The molecule has 0 aliphatic heterocycles. The van der Waals surface area contributed by atoms with Gasteiger partial charge in [-0.3, -0.25) is 0 Å². The van der Waals surface area contributed by atoms with Gasteiger partial charge >= 0.3 is 162 Å². The summed E-state index contributed by atoms with van der Waals surface area (Å²) in [6.07, 6.45) is 6.23. The standard InChI is InChI=1S/C24H26N5SSe/c1-4-28(5-2)19-13-11-18(12-14-19)26-27-24-25-17-20(30-24)15-16-23-29(6-3)21-9-7-8-10-22(21)31-23/h7-17H,4-6H2,1-3H3/q+1. The number of thiazole rings is 1. The molecule has 7 heteroatoms. The van der Waals surface area contributed by atoms with E-state index in [0.717, 1.165) is 30.2 Å². The Bertz CT molecular complexity index is 1200. The van der Waals surface area contributed by atoms with Crippen LogP contribution in [0.1, 0.15) is 30.2 Å². The molecule has 0 aliphatic rings. The van der Waals surface area contributed by atoms with Crippen LogP contribution in [0.15, 0.2) is 65.0 Å². The van der Waals surface area contributed by atoms with Gasteiger partial charge in [-0.25, -0.2) is 0 Å². The molecule has 2 aromatic carbocycles. The van der Waals surface area contributed by atoms with Crippen molar-refractivity contribution in [1.82, 2.24) is 4.98 Å². The van der Waals surface area contributed by atoms with Crippen LogP contribution in [0.2, 0.25) is 0 Å². The summed E-state index contributed by atoms with van der Waals surface area (Å²) in [5, 5.41) is 9.35. The molecular formula is C24H26N5SSe+. The minimum absolute atomic E-state index is 0.341. The van der Waals surface area contributed by atoms with E-state index in [1.807, 2.05) is 18.3 Å². The number of para-hydroxylation sites is 1. The number of aromatic nitrogens is 2. The molecule has 2 aromatic heterocycles. The van der Waals surface area contributed by atoms with Gasteiger partial charge in [0.25, 0.3) is 0 Å². The molecule has 0 bridgehead atoms. The zero-order valence-electron chi connectivity index (χ0n) is 18.0. The maximum absolute atomic E-state index is 4.41. The summed E-state index contributed by atoms with van der Waals surface area (Å²) in [7, 11) is 0. The molecule has 0 spiro atoms. The molecule has 4 aromatic rings.